The van der Waals surface area contributed by atoms with E-state index in [9.17, 15) is 4.79 Å². The number of hydrogen-bond acceptors (Lipinski definition) is 4. The van der Waals surface area contributed by atoms with Crippen LogP contribution in [0.1, 0.15) is 22.3 Å². The van der Waals surface area contributed by atoms with Crippen molar-refractivity contribution in [3.8, 4) is 0 Å². The van der Waals surface area contributed by atoms with E-state index in [0.29, 0.717) is 5.56 Å². The average molecular weight is 262 g/mol. The average Bonchev–Trinajstić information content (AvgIpc) is 2.45. The summed E-state index contributed by atoms with van der Waals surface area (Å²) in [7, 11) is 0. The molecule has 0 spiro atoms. The van der Waals surface area contributed by atoms with E-state index < -0.39 is 0 Å². The molecule has 104 valence electrons. The first-order valence-corrected chi connectivity index (χ1v) is 6.84. The van der Waals surface area contributed by atoms with Crippen molar-refractivity contribution in [2.24, 2.45) is 5.73 Å². The maximum absolute atomic E-state index is 12.3. The first-order valence-electron chi connectivity index (χ1n) is 6.84. The van der Waals surface area contributed by atoms with Crippen LogP contribution in [-0.4, -0.2) is 60.0 Å². The summed E-state index contributed by atoms with van der Waals surface area (Å²) in [4.78, 5) is 20.7. The molecule has 2 heterocycles. The second-order valence-corrected chi connectivity index (χ2v) is 5.03. The molecule has 2 rings (SSSR count). The molecule has 1 fully saturated rings. The minimum Gasteiger partial charge on any atom is -0.336 e. The van der Waals surface area contributed by atoms with Gasteiger partial charge < -0.3 is 10.6 Å². The monoisotopic (exact) mass is 262 g/mol. The van der Waals surface area contributed by atoms with Gasteiger partial charge in [0, 0.05) is 38.6 Å². The van der Waals surface area contributed by atoms with Crippen LogP contribution in [0.2, 0.25) is 0 Å². The minimum atomic E-state index is 0.0923. The van der Waals surface area contributed by atoms with E-state index in [1.165, 1.54) is 0 Å². The van der Waals surface area contributed by atoms with Gasteiger partial charge in [-0.05, 0) is 38.1 Å². The number of piperazine rings is 1. The van der Waals surface area contributed by atoms with Crippen LogP contribution < -0.4 is 5.73 Å². The fourth-order valence-electron chi connectivity index (χ4n) is 2.34. The van der Waals surface area contributed by atoms with Crippen LogP contribution in [0.4, 0.5) is 0 Å². The Balaban J connectivity index is 1.89. The summed E-state index contributed by atoms with van der Waals surface area (Å²) in [6.07, 6.45) is 4.44. The highest BCUT2D eigenvalue weighted by atomic mass is 16.2. The lowest BCUT2D eigenvalue weighted by Crippen LogP contribution is -2.49. The first-order chi connectivity index (χ1) is 9.20. The Morgan fingerprint density at radius 3 is 2.68 bits per heavy atom. The van der Waals surface area contributed by atoms with E-state index in [1.54, 1.807) is 12.4 Å². The lowest BCUT2D eigenvalue weighted by molar-refractivity contribution is 0.0636. The van der Waals surface area contributed by atoms with Crippen molar-refractivity contribution in [3.63, 3.8) is 0 Å². The highest BCUT2D eigenvalue weighted by Crippen LogP contribution is 2.09. The van der Waals surface area contributed by atoms with Crippen LogP contribution in [-0.2, 0) is 0 Å². The number of aryl methyl sites for hydroxylation is 1. The Hall–Kier alpha value is -1.46. The van der Waals surface area contributed by atoms with Crippen molar-refractivity contribution in [2.75, 3.05) is 39.3 Å². The fraction of sp³-hybridized carbons (Fsp3) is 0.571. The second kappa shape index (κ2) is 6.63. The van der Waals surface area contributed by atoms with E-state index in [2.05, 4.69) is 9.88 Å². The molecule has 1 aliphatic heterocycles. The van der Waals surface area contributed by atoms with Gasteiger partial charge in [0.15, 0.2) is 0 Å². The summed E-state index contributed by atoms with van der Waals surface area (Å²) in [5, 5.41) is 0. The van der Waals surface area contributed by atoms with Crippen molar-refractivity contribution >= 4 is 5.91 Å². The largest absolute Gasteiger partial charge is 0.336 e. The van der Waals surface area contributed by atoms with Crippen molar-refractivity contribution < 1.29 is 4.79 Å². The highest BCUT2D eigenvalue weighted by Gasteiger charge is 2.21. The molecule has 0 aliphatic carbocycles. The molecule has 2 N–H and O–H groups in total. The van der Waals surface area contributed by atoms with Crippen molar-refractivity contribution in [2.45, 2.75) is 13.3 Å². The molecule has 0 aromatic carbocycles. The number of carbonyl (C=O) groups is 1. The van der Waals surface area contributed by atoms with E-state index in [1.807, 2.05) is 17.9 Å². The van der Waals surface area contributed by atoms with Gasteiger partial charge in [-0.25, -0.2) is 0 Å². The topological polar surface area (TPSA) is 62.5 Å². The van der Waals surface area contributed by atoms with E-state index in [0.717, 1.165) is 51.3 Å². The number of amides is 1. The fourth-order valence-corrected chi connectivity index (χ4v) is 2.34. The zero-order chi connectivity index (χ0) is 13.7. The summed E-state index contributed by atoms with van der Waals surface area (Å²) in [6, 6.07) is 1.90. The normalized spacial score (nSPS) is 16.6. The molecule has 1 aromatic rings. The zero-order valence-electron chi connectivity index (χ0n) is 11.5. The van der Waals surface area contributed by atoms with Gasteiger partial charge in [0.1, 0.15) is 0 Å². The molecule has 0 radical (unpaired) electrons. The first kappa shape index (κ1) is 14.0. The number of nitrogens with two attached hydrogens (primary N) is 1. The van der Waals surface area contributed by atoms with Crippen molar-refractivity contribution in [3.05, 3.63) is 29.6 Å². The predicted molar refractivity (Wildman–Crippen MR) is 75.0 cm³/mol. The maximum Gasteiger partial charge on any atom is 0.255 e. The SMILES string of the molecule is Cc1cncc(C(=O)N2CCN(CCCN)CC2)c1. The Kier molecular flexibility index (Phi) is 4.87. The van der Waals surface area contributed by atoms with Gasteiger partial charge in [-0.2, -0.15) is 0 Å². The van der Waals surface area contributed by atoms with Crippen LogP contribution in [0.5, 0.6) is 0 Å². The molecule has 19 heavy (non-hydrogen) atoms. The predicted octanol–water partition coefficient (Wildman–Crippen LogP) is 0.497. The molecule has 1 amide bonds. The van der Waals surface area contributed by atoms with E-state index >= 15 is 0 Å². The number of nitrogens with zero attached hydrogens (tertiary/aromatic N) is 3. The number of pyridine rings is 1. The molecular formula is C14H22N4O. The molecule has 1 aromatic heterocycles. The van der Waals surface area contributed by atoms with Gasteiger partial charge in [-0.1, -0.05) is 0 Å². The third kappa shape index (κ3) is 3.75. The molecule has 5 heteroatoms. The summed E-state index contributed by atoms with van der Waals surface area (Å²) >= 11 is 0. The summed E-state index contributed by atoms with van der Waals surface area (Å²) in [5.74, 6) is 0.0923. The Morgan fingerprint density at radius 2 is 2.05 bits per heavy atom. The van der Waals surface area contributed by atoms with E-state index in [4.69, 9.17) is 5.73 Å². The van der Waals surface area contributed by atoms with Gasteiger partial charge in [0.25, 0.3) is 5.91 Å². The van der Waals surface area contributed by atoms with Crippen LogP contribution in [0, 0.1) is 6.92 Å². The van der Waals surface area contributed by atoms with Crippen LogP contribution in [0.3, 0.4) is 0 Å². The minimum absolute atomic E-state index is 0.0923. The zero-order valence-corrected chi connectivity index (χ0v) is 11.5. The summed E-state index contributed by atoms with van der Waals surface area (Å²) < 4.78 is 0. The van der Waals surface area contributed by atoms with Crippen molar-refractivity contribution in [1.82, 2.24) is 14.8 Å². The smallest absolute Gasteiger partial charge is 0.255 e. The quantitative estimate of drug-likeness (QED) is 0.858. The summed E-state index contributed by atoms with van der Waals surface area (Å²) in [5.41, 5.74) is 7.22. The van der Waals surface area contributed by atoms with Gasteiger partial charge >= 0.3 is 0 Å². The number of rotatable bonds is 4. The van der Waals surface area contributed by atoms with Crippen LogP contribution in [0.15, 0.2) is 18.5 Å². The van der Waals surface area contributed by atoms with Crippen LogP contribution >= 0.6 is 0 Å². The molecule has 0 saturated carbocycles. The van der Waals surface area contributed by atoms with Crippen molar-refractivity contribution in [1.29, 1.82) is 0 Å². The molecule has 1 aliphatic rings. The number of carbonyl (C=O) groups excluding carboxylic acids is 1. The maximum atomic E-state index is 12.3. The lowest BCUT2D eigenvalue weighted by atomic mass is 10.2. The Morgan fingerprint density at radius 1 is 1.32 bits per heavy atom. The molecule has 0 unspecified atom stereocenters. The van der Waals surface area contributed by atoms with Gasteiger partial charge in [0.2, 0.25) is 0 Å². The highest BCUT2D eigenvalue weighted by molar-refractivity contribution is 5.94. The second-order valence-electron chi connectivity index (χ2n) is 5.03. The molecule has 0 bridgehead atoms. The number of hydrogen-bond donors (Lipinski definition) is 1. The van der Waals surface area contributed by atoms with Gasteiger partial charge in [0.05, 0.1) is 5.56 Å². The van der Waals surface area contributed by atoms with E-state index in [-0.39, 0.29) is 5.91 Å². The van der Waals surface area contributed by atoms with Crippen LogP contribution in [0.25, 0.3) is 0 Å². The molecular weight excluding hydrogens is 240 g/mol. The molecule has 0 atom stereocenters. The molecule has 5 nitrogen and oxygen atoms in total. The Labute approximate surface area is 114 Å². The Bertz CT molecular complexity index is 427. The molecule has 1 saturated heterocycles. The van der Waals surface area contributed by atoms with Gasteiger partial charge in [-0.15, -0.1) is 0 Å². The number of aromatic nitrogens is 1. The standard InChI is InChI=1S/C14H22N4O/c1-12-9-13(11-16-10-12)14(19)18-7-5-17(6-8-18)4-2-3-15/h9-11H,2-8,15H2,1H3. The summed E-state index contributed by atoms with van der Waals surface area (Å²) in [6.45, 7) is 7.16. The lowest BCUT2D eigenvalue weighted by Gasteiger charge is -2.34. The third-order valence-electron chi connectivity index (χ3n) is 3.46. The third-order valence-corrected chi connectivity index (χ3v) is 3.46. The van der Waals surface area contributed by atoms with Gasteiger partial charge in [-0.3, -0.25) is 14.7 Å².